The lowest BCUT2D eigenvalue weighted by atomic mass is 10.3. The van der Waals surface area contributed by atoms with Crippen LogP contribution in [0.3, 0.4) is 0 Å². The van der Waals surface area contributed by atoms with E-state index in [1.54, 1.807) is 4.68 Å². The normalized spacial score (nSPS) is 10.2. The highest BCUT2D eigenvalue weighted by atomic mass is 35.5. The Morgan fingerprint density at radius 2 is 2.00 bits per heavy atom. The maximum absolute atomic E-state index is 5.80. The molecule has 0 saturated carbocycles. The van der Waals surface area contributed by atoms with Gasteiger partial charge in [0.1, 0.15) is 5.15 Å². The smallest absolute Gasteiger partial charge is 0.129 e. The third-order valence-electron chi connectivity index (χ3n) is 1.44. The van der Waals surface area contributed by atoms with Crippen LogP contribution >= 0.6 is 11.6 Å². The van der Waals surface area contributed by atoms with Crippen LogP contribution in [0, 0.1) is 13.8 Å². The molecule has 0 amide bonds. The molecule has 0 atom stereocenters. The van der Waals surface area contributed by atoms with Crippen LogP contribution < -0.4 is 0 Å². The molecule has 0 aliphatic carbocycles. The summed E-state index contributed by atoms with van der Waals surface area (Å²) in [6.45, 7) is 3.91. The zero-order chi connectivity index (χ0) is 7.02. The fourth-order valence-corrected chi connectivity index (χ4v) is 0.910. The molecule has 50 valence electrons. The first-order chi connectivity index (χ1) is 4.13. The van der Waals surface area contributed by atoms with Crippen LogP contribution in [0.15, 0.2) is 0 Å². The molecule has 3 heteroatoms. The SMILES string of the molecule is Cc1nn(C)c(Cl)c1C. The van der Waals surface area contributed by atoms with Crippen molar-refractivity contribution in [2.75, 3.05) is 0 Å². The number of halogens is 1. The first-order valence-electron chi connectivity index (χ1n) is 2.78. The molecule has 1 aromatic rings. The second-order valence-electron chi connectivity index (χ2n) is 2.12. The second kappa shape index (κ2) is 2.03. The number of aryl methyl sites for hydroxylation is 2. The minimum Gasteiger partial charge on any atom is -0.257 e. The lowest BCUT2D eigenvalue weighted by Gasteiger charge is -1.87. The number of hydrogen-bond acceptors (Lipinski definition) is 1. The lowest BCUT2D eigenvalue weighted by molar-refractivity contribution is 0.757. The molecule has 0 saturated heterocycles. The maximum Gasteiger partial charge on any atom is 0.129 e. The van der Waals surface area contributed by atoms with Crippen LogP contribution in [-0.4, -0.2) is 9.78 Å². The predicted octanol–water partition coefficient (Wildman–Crippen LogP) is 1.69. The third kappa shape index (κ3) is 0.944. The molecule has 0 bridgehead atoms. The molecule has 0 N–H and O–H groups in total. The molecule has 0 aromatic carbocycles. The van der Waals surface area contributed by atoms with Gasteiger partial charge in [0.05, 0.1) is 5.69 Å². The minimum absolute atomic E-state index is 0.729. The summed E-state index contributed by atoms with van der Waals surface area (Å²) in [5, 5.41) is 4.82. The summed E-state index contributed by atoms with van der Waals surface area (Å²) >= 11 is 5.80. The van der Waals surface area contributed by atoms with E-state index in [0.29, 0.717) is 0 Å². The van der Waals surface area contributed by atoms with Crippen LogP contribution in [0.5, 0.6) is 0 Å². The standard InChI is InChI=1S/C6H9ClN2/c1-4-5(2)8-9(3)6(4)7/h1-3H3. The molecule has 1 heterocycles. The molecule has 0 aliphatic heterocycles. The summed E-state index contributed by atoms with van der Waals surface area (Å²) in [5.41, 5.74) is 2.07. The van der Waals surface area contributed by atoms with Crippen molar-refractivity contribution in [2.24, 2.45) is 7.05 Å². The van der Waals surface area contributed by atoms with Crippen LogP contribution in [0.25, 0.3) is 0 Å². The average Bonchev–Trinajstić information content (AvgIpc) is 1.98. The lowest BCUT2D eigenvalue weighted by Crippen LogP contribution is -1.88. The van der Waals surface area contributed by atoms with Crippen molar-refractivity contribution in [2.45, 2.75) is 13.8 Å². The highest BCUT2D eigenvalue weighted by Crippen LogP contribution is 2.15. The molecular formula is C6H9ClN2. The van der Waals surface area contributed by atoms with E-state index in [1.165, 1.54) is 0 Å². The van der Waals surface area contributed by atoms with Crippen molar-refractivity contribution in [3.05, 3.63) is 16.4 Å². The number of hydrogen-bond donors (Lipinski definition) is 0. The van der Waals surface area contributed by atoms with Gasteiger partial charge in [-0.2, -0.15) is 5.10 Å². The molecular weight excluding hydrogens is 136 g/mol. The molecule has 0 radical (unpaired) electrons. The molecule has 1 aromatic heterocycles. The van der Waals surface area contributed by atoms with Crippen LogP contribution in [-0.2, 0) is 7.05 Å². The molecule has 0 unspecified atom stereocenters. The fourth-order valence-electron chi connectivity index (χ4n) is 0.736. The fraction of sp³-hybridized carbons (Fsp3) is 0.500. The molecule has 0 aliphatic rings. The zero-order valence-electron chi connectivity index (χ0n) is 5.77. The third-order valence-corrected chi connectivity index (χ3v) is 1.96. The molecule has 9 heavy (non-hydrogen) atoms. The Balaban J connectivity index is 3.29. The first kappa shape index (κ1) is 6.62. The predicted molar refractivity (Wildman–Crippen MR) is 37.7 cm³/mol. The van der Waals surface area contributed by atoms with E-state index >= 15 is 0 Å². The van der Waals surface area contributed by atoms with Crippen LogP contribution in [0.2, 0.25) is 5.15 Å². The van der Waals surface area contributed by atoms with Gasteiger partial charge in [0, 0.05) is 12.6 Å². The summed E-state index contributed by atoms with van der Waals surface area (Å²) in [4.78, 5) is 0. The zero-order valence-corrected chi connectivity index (χ0v) is 6.53. The van der Waals surface area contributed by atoms with Gasteiger partial charge in [-0.1, -0.05) is 11.6 Å². The Hall–Kier alpha value is -0.500. The van der Waals surface area contributed by atoms with Gasteiger partial charge in [-0.3, -0.25) is 4.68 Å². The summed E-state index contributed by atoms with van der Waals surface area (Å²) < 4.78 is 1.67. The molecule has 1 rings (SSSR count). The summed E-state index contributed by atoms with van der Waals surface area (Å²) in [6.07, 6.45) is 0. The van der Waals surface area contributed by atoms with E-state index in [-0.39, 0.29) is 0 Å². The highest BCUT2D eigenvalue weighted by Gasteiger charge is 2.03. The van der Waals surface area contributed by atoms with Gasteiger partial charge in [0.2, 0.25) is 0 Å². The van der Waals surface area contributed by atoms with Crippen molar-refractivity contribution in [3.63, 3.8) is 0 Å². The first-order valence-corrected chi connectivity index (χ1v) is 3.16. The van der Waals surface area contributed by atoms with E-state index in [0.717, 1.165) is 16.4 Å². The Morgan fingerprint density at radius 1 is 1.44 bits per heavy atom. The van der Waals surface area contributed by atoms with Gasteiger partial charge in [-0.25, -0.2) is 0 Å². The van der Waals surface area contributed by atoms with E-state index in [2.05, 4.69) is 5.10 Å². The van der Waals surface area contributed by atoms with Crippen molar-refractivity contribution in [1.29, 1.82) is 0 Å². The number of aromatic nitrogens is 2. The molecule has 0 fully saturated rings. The van der Waals surface area contributed by atoms with Gasteiger partial charge in [0.15, 0.2) is 0 Å². The van der Waals surface area contributed by atoms with Gasteiger partial charge in [-0.05, 0) is 13.8 Å². The van der Waals surface area contributed by atoms with E-state index in [9.17, 15) is 0 Å². The summed E-state index contributed by atoms with van der Waals surface area (Å²) in [6, 6.07) is 0. The van der Waals surface area contributed by atoms with Crippen molar-refractivity contribution in [1.82, 2.24) is 9.78 Å². The molecule has 0 spiro atoms. The Labute approximate surface area is 59.4 Å². The van der Waals surface area contributed by atoms with Crippen molar-refractivity contribution in [3.8, 4) is 0 Å². The molecule has 2 nitrogen and oxygen atoms in total. The van der Waals surface area contributed by atoms with Gasteiger partial charge in [-0.15, -0.1) is 0 Å². The Bertz CT molecular complexity index is 205. The number of nitrogens with zero attached hydrogens (tertiary/aromatic N) is 2. The van der Waals surface area contributed by atoms with Gasteiger partial charge in [0.25, 0.3) is 0 Å². The summed E-state index contributed by atoms with van der Waals surface area (Å²) in [7, 11) is 1.84. The van der Waals surface area contributed by atoms with E-state index < -0.39 is 0 Å². The number of rotatable bonds is 0. The maximum atomic E-state index is 5.80. The topological polar surface area (TPSA) is 17.8 Å². The average molecular weight is 145 g/mol. The monoisotopic (exact) mass is 144 g/mol. The Kier molecular flexibility index (Phi) is 1.49. The van der Waals surface area contributed by atoms with Crippen LogP contribution in [0.4, 0.5) is 0 Å². The Morgan fingerprint density at radius 3 is 2.11 bits per heavy atom. The minimum atomic E-state index is 0.729. The van der Waals surface area contributed by atoms with Gasteiger partial charge < -0.3 is 0 Å². The quantitative estimate of drug-likeness (QED) is 0.542. The highest BCUT2D eigenvalue weighted by molar-refractivity contribution is 6.30. The van der Waals surface area contributed by atoms with Crippen molar-refractivity contribution >= 4 is 11.6 Å². The summed E-state index contributed by atoms with van der Waals surface area (Å²) in [5.74, 6) is 0. The van der Waals surface area contributed by atoms with E-state index in [4.69, 9.17) is 11.6 Å². The second-order valence-corrected chi connectivity index (χ2v) is 2.48. The van der Waals surface area contributed by atoms with Gasteiger partial charge >= 0.3 is 0 Å². The van der Waals surface area contributed by atoms with Crippen LogP contribution in [0.1, 0.15) is 11.3 Å². The van der Waals surface area contributed by atoms with E-state index in [1.807, 2.05) is 20.9 Å². The largest absolute Gasteiger partial charge is 0.257 e. The van der Waals surface area contributed by atoms with Crippen molar-refractivity contribution < 1.29 is 0 Å².